The third-order valence-electron chi connectivity index (χ3n) is 4.81. The number of hydrogen-bond acceptors (Lipinski definition) is 3. The van der Waals surface area contributed by atoms with E-state index < -0.39 is 0 Å². The Hall–Kier alpha value is -3.60. The summed E-state index contributed by atoms with van der Waals surface area (Å²) < 4.78 is 5.79. The quantitative estimate of drug-likeness (QED) is 0.462. The van der Waals surface area contributed by atoms with Gasteiger partial charge in [-0.15, -0.1) is 0 Å². The summed E-state index contributed by atoms with van der Waals surface area (Å²) in [6.45, 7) is 1.60. The fourth-order valence-corrected chi connectivity index (χ4v) is 3.07. The van der Waals surface area contributed by atoms with Crippen molar-refractivity contribution in [2.45, 2.75) is 25.9 Å². The maximum atomic E-state index is 12.0. The van der Waals surface area contributed by atoms with Crippen molar-refractivity contribution in [2.75, 3.05) is 13.1 Å². The summed E-state index contributed by atoms with van der Waals surface area (Å²) in [7, 11) is 0. The van der Waals surface area contributed by atoms with Crippen LogP contribution in [0, 0.1) is 0 Å². The van der Waals surface area contributed by atoms with Crippen LogP contribution in [-0.2, 0) is 17.8 Å². The lowest BCUT2D eigenvalue weighted by molar-refractivity contribution is -0.121. The first-order valence-electron chi connectivity index (χ1n) is 10.6. The van der Waals surface area contributed by atoms with Crippen LogP contribution in [0.2, 0.25) is 0 Å². The van der Waals surface area contributed by atoms with E-state index in [1.807, 2.05) is 72.8 Å². The van der Waals surface area contributed by atoms with Gasteiger partial charge in [0.2, 0.25) is 5.91 Å². The number of ether oxygens (including phenoxy) is 1. The van der Waals surface area contributed by atoms with E-state index in [0.717, 1.165) is 23.3 Å². The topological polar surface area (TPSA) is 67.4 Å². The van der Waals surface area contributed by atoms with Crippen molar-refractivity contribution in [3.05, 3.63) is 102 Å². The predicted octanol–water partition coefficient (Wildman–Crippen LogP) is 4.13. The zero-order valence-corrected chi connectivity index (χ0v) is 17.6. The largest absolute Gasteiger partial charge is 0.489 e. The van der Waals surface area contributed by atoms with Crippen LogP contribution in [0.4, 0.5) is 0 Å². The molecular weight excluding hydrogens is 388 g/mol. The lowest BCUT2D eigenvalue weighted by Gasteiger charge is -2.09. The van der Waals surface area contributed by atoms with E-state index in [1.54, 1.807) is 12.1 Å². The molecule has 0 aliphatic heterocycles. The Balaban J connectivity index is 1.27. The van der Waals surface area contributed by atoms with Crippen LogP contribution in [0.15, 0.2) is 84.9 Å². The van der Waals surface area contributed by atoms with E-state index in [0.29, 0.717) is 38.1 Å². The van der Waals surface area contributed by atoms with Crippen LogP contribution >= 0.6 is 0 Å². The summed E-state index contributed by atoms with van der Waals surface area (Å²) in [6, 6.07) is 27.1. The summed E-state index contributed by atoms with van der Waals surface area (Å²) in [6.07, 6.45) is 1.76. The smallest absolute Gasteiger partial charge is 0.251 e. The summed E-state index contributed by atoms with van der Waals surface area (Å²) in [5, 5.41) is 5.76. The van der Waals surface area contributed by atoms with E-state index in [1.165, 1.54) is 0 Å². The molecule has 0 radical (unpaired) electrons. The third kappa shape index (κ3) is 7.97. The second-order valence-corrected chi connectivity index (χ2v) is 7.24. The first kappa shape index (κ1) is 22.1. The zero-order chi connectivity index (χ0) is 21.7. The molecule has 5 nitrogen and oxygen atoms in total. The van der Waals surface area contributed by atoms with Gasteiger partial charge in [-0.1, -0.05) is 60.7 Å². The van der Waals surface area contributed by atoms with Crippen LogP contribution in [0.25, 0.3) is 0 Å². The molecule has 160 valence electrons. The molecule has 0 saturated carbocycles. The van der Waals surface area contributed by atoms with Gasteiger partial charge in [0.25, 0.3) is 5.91 Å². The van der Waals surface area contributed by atoms with Crippen LogP contribution in [0.5, 0.6) is 5.75 Å². The number of benzene rings is 3. The first-order valence-corrected chi connectivity index (χ1v) is 10.6. The van der Waals surface area contributed by atoms with Gasteiger partial charge in [0.15, 0.2) is 0 Å². The first-order chi connectivity index (χ1) is 15.2. The molecule has 0 fully saturated rings. The Bertz CT molecular complexity index is 941. The summed E-state index contributed by atoms with van der Waals surface area (Å²) in [5.74, 6) is 0.711. The monoisotopic (exact) mass is 416 g/mol. The molecule has 0 heterocycles. The highest BCUT2D eigenvalue weighted by Gasteiger charge is 2.05. The van der Waals surface area contributed by atoms with E-state index in [9.17, 15) is 9.59 Å². The van der Waals surface area contributed by atoms with Gasteiger partial charge in [-0.2, -0.15) is 0 Å². The number of amides is 2. The molecule has 0 bridgehead atoms. The van der Waals surface area contributed by atoms with Crippen LogP contribution in [0.1, 0.15) is 34.3 Å². The van der Waals surface area contributed by atoms with E-state index in [2.05, 4.69) is 10.6 Å². The molecule has 0 saturated heterocycles. The highest BCUT2D eigenvalue weighted by Crippen LogP contribution is 2.14. The highest BCUT2D eigenvalue weighted by atomic mass is 16.5. The molecule has 5 heteroatoms. The second-order valence-electron chi connectivity index (χ2n) is 7.24. The molecule has 31 heavy (non-hydrogen) atoms. The number of hydrogen-bond donors (Lipinski definition) is 2. The predicted molar refractivity (Wildman–Crippen MR) is 122 cm³/mol. The fraction of sp³-hybridized carbons (Fsp3) is 0.231. The van der Waals surface area contributed by atoms with E-state index in [4.69, 9.17) is 4.74 Å². The van der Waals surface area contributed by atoms with Crippen molar-refractivity contribution in [3.8, 4) is 5.75 Å². The molecule has 0 aliphatic carbocycles. The SMILES string of the molecule is O=C(CCCNC(=O)c1ccccc1)NCCc1ccc(OCc2ccccc2)cc1. The van der Waals surface area contributed by atoms with E-state index in [-0.39, 0.29) is 11.8 Å². The Morgan fingerprint density at radius 1 is 0.710 bits per heavy atom. The second kappa shape index (κ2) is 12.2. The highest BCUT2D eigenvalue weighted by molar-refractivity contribution is 5.94. The molecule has 3 aromatic carbocycles. The van der Waals surface area contributed by atoms with Crippen molar-refractivity contribution in [2.24, 2.45) is 0 Å². The molecule has 0 atom stereocenters. The Morgan fingerprint density at radius 2 is 1.39 bits per heavy atom. The minimum Gasteiger partial charge on any atom is -0.489 e. The Labute approximate surface area is 183 Å². The number of nitrogens with one attached hydrogen (secondary N) is 2. The standard InChI is InChI=1S/C26H28N2O3/c29-25(12-7-18-28-26(30)23-10-5-2-6-11-23)27-19-17-21-13-15-24(16-14-21)31-20-22-8-3-1-4-9-22/h1-6,8-11,13-16H,7,12,17-20H2,(H,27,29)(H,28,30). The molecule has 2 amide bonds. The van der Waals surface area contributed by atoms with Gasteiger partial charge in [-0.3, -0.25) is 9.59 Å². The van der Waals surface area contributed by atoms with Crippen molar-refractivity contribution < 1.29 is 14.3 Å². The molecule has 3 aromatic rings. The average Bonchev–Trinajstić information content (AvgIpc) is 2.82. The number of carbonyl (C=O) groups excluding carboxylic acids is 2. The Morgan fingerprint density at radius 3 is 2.10 bits per heavy atom. The molecule has 0 unspecified atom stereocenters. The van der Waals surface area contributed by atoms with Crippen molar-refractivity contribution in [3.63, 3.8) is 0 Å². The van der Waals surface area contributed by atoms with Gasteiger partial charge in [-0.25, -0.2) is 0 Å². The molecule has 0 spiro atoms. The van der Waals surface area contributed by atoms with Crippen LogP contribution < -0.4 is 15.4 Å². The van der Waals surface area contributed by atoms with Crippen molar-refractivity contribution >= 4 is 11.8 Å². The van der Waals surface area contributed by atoms with Gasteiger partial charge in [0.1, 0.15) is 12.4 Å². The Kier molecular flexibility index (Phi) is 8.68. The van der Waals surface area contributed by atoms with Crippen LogP contribution in [0.3, 0.4) is 0 Å². The maximum absolute atomic E-state index is 12.0. The van der Waals surface area contributed by atoms with Gasteiger partial charge in [0, 0.05) is 25.1 Å². The third-order valence-corrected chi connectivity index (χ3v) is 4.81. The van der Waals surface area contributed by atoms with Gasteiger partial charge in [-0.05, 0) is 48.2 Å². The van der Waals surface area contributed by atoms with Crippen molar-refractivity contribution in [1.29, 1.82) is 0 Å². The molecule has 3 rings (SSSR count). The van der Waals surface area contributed by atoms with Gasteiger partial charge in [0.05, 0.1) is 0 Å². The average molecular weight is 417 g/mol. The number of rotatable bonds is 11. The molecule has 0 aliphatic rings. The lowest BCUT2D eigenvalue weighted by Crippen LogP contribution is -2.28. The molecule has 0 aromatic heterocycles. The lowest BCUT2D eigenvalue weighted by atomic mass is 10.1. The van der Waals surface area contributed by atoms with Crippen LogP contribution in [-0.4, -0.2) is 24.9 Å². The summed E-state index contributed by atoms with van der Waals surface area (Å²) >= 11 is 0. The van der Waals surface area contributed by atoms with Gasteiger partial charge >= 0.3 is 0 Å². The minimum atomic E-state index is -0.114. The normalized spacial score (nSPS) is 10.3. The summed E-state index contributed by atoms with van der Waals surface area (Å²) in [4.78, 5) is 23.9. The fourth-order valence-electron chi connectivity index (χ4n) is 3.07. The maximum Gasteiger partial charge on any atom is 0.251 e. The minimum absolute atomic E-state index is 0.00299. The summed E-state index contributed by atoms with van der Waals surface area (Å²) in [5.41, 5.74) is 2.90. The van der Waals surface area contributed by atoms with E-state index >= 15 is 0 Å². The molecular formula is C26H28N2O3. The zero-order valence-electron chi connectivity index (χ0n) is 17.6. The van der Waals surface area contributed by atoms with Crippen molar-refractivity contribution in [1.82, 2.24) is 10.6 Å². The molecule has 2 N–H and O–H groups in total. The van der Waals surface area contributed by atoms with Gasteiger partial charge < -0.3 is 15.4 Å². The number of carbonyl (C=O) groups is 2.